The van der Waals surface area contributed by atoms with Gasteiger partial charge < -0.3 is 9.63 Å². The van der Waals surface area contributed by atoms with Crippen molar-refractivity contribution in [2.75, 3.05) is 0 Å². The average molecular weight is 284 g/mol. The van der Waals surface area contributed by atoms with Gasteiger partial charge in [0.2, 0.25) is 0 Å². The maximum absolute atomic E-state index is 9.48. The number of aliphatic hydroxyl groups excluding tert-OH is 1. The first-order chi connectivity index (χ1) is 10.2. The van der Waals surface area contributed by atoms with Crippen molar-refractivity contribution in [2.24, 2.45) is 0 Å². The molecule has 6 nitrogen and oxygen atoms in total. The maximum atomic E-state index is 9.48. The van der Waals surface area contributed by atoms with E-state index >= 15 is 0 Å². The van der Waals surface area contributed by atoms with Crippen LogP contribution in [0.5, 0.6) is 0 Å². The molecule has 0 amide bonds. The summed E-state index contributed by atoms with van der Waals surface area (Å²) in [7, 11) is 0. The summed E-state index contributed by atoms with van der Waals surface area (Å²) in [6.07, 6.45) is 0. The minimum Gasteiger partial charge on any atom is -0.390 e. The number of benzene rings is 1. The molecule has 108 valence electrons. The molecule has 2 heterocycles. The van der Waals surface area contributed by atoms with Crippen molar-refractivity contribution < 1.29 is 9.63 Å². The Morgan fingerprint density at radius 3 is 2.57 bits per heavy atom. The van der Waals surface area contributed by atoms with E-state index in [1.165, 1.54) is 0 Å². The van der Waals surface area contributed by atoms with Gasteiger partial charge in [-0.25, -0.2) is 4.68 Å². The van der Waals surface area contributed by atoms with Crippen molar-refractivity contribution in [2.45, 2.75) is 27.0 Å². The lowest BCUT2D eigenvalue weighted by atomic mass is 10.1. The first-order valence-electron chi connectivity index (χ1n) is 6.71. The second kappa shape index (κ2) is 5.49. The molecule has 0 atom stereocenters. The highest BCUT2D eigenvalue weighted by atomic mass is 16.5. The molecule has 0 unspecified atom stereocenters. The lowest BCUT2D eigenvalue weighted by Crippen LogP contribution is -2.06. The Balaban J connectivity index is 2.06. The number of aryl methyl sites for hydroxylation is 2. The van der Waals surface area contributed by atoms with Gasteiger partial charge in [0, 0.05) is 11.1 Å². The van der Waals surface area contributed by atoms with E-state index in [0.29, 0.717) is 12.2 Å². The van der Waals surface area contributed by atoms with Crippen LogP contribution >= 0.6 is 0 Å². The summed E-state index contributed by atoms with van der Waals surface area (Å²) in [6, 6.07) is 9.79. The largest absolute Gasteiger partial charge is 0.390 e. The summed E-state index contributed by atoms with van der Waals surface area (Å²) >= 11 is 0. The predicted molar refractivity (Wildman–Crippen MR) is 76.5 cm³/mol. The molecule has 3 rings (SSSR count). The first kappa shape index (κ1) is 13.5. The van der Waals surface area contributed by atoms with Gasteiger partial charge >= 0.3 is 0 Å². The summed E-state index contributed by atoms with van der Waals surface area (Å²) in [4.78, 5) is 0. The Bertz CT molecular complexity index is 727. The van der Waals surface area contributed by atoms with E-state index < -0.39 is 0 Å². The molecule has 0 fully saturated rings. The fourth-order valence-corrected chi connectivity index (χ4v) is 2.36. The van der Waals surface area contributed by atoms with Crippen molar-refractivity contribution in [3.8, 4) is 11.3 Å². The average Bonchev–Trinajstić information content (AvgIpc) is 3.06. The number of rotatable bonds is 4. The van der Waals surface area contributed by atoms with E-state index in [4.69, 9.17) is 4.52 Å². The standard InChI is InChI=1S/C15H16N4O2/c1-10-13(11(2)21-17-10)8-19-15(14(9-20)16-18-19)12-6-4-3-5-7-12/h3-7,20H,8-9H2,1-2H3. The quantitative estimate of drug-likeness (QED) is 0.793. The fourth-order valence-electron chi connectivity index (χ4n) is 2.36. The number of aromatic nitrogens is 4. The summed E-state index contributed by atoms with van der Waals surface area (Å²) in [5, 5.41) is 21.7. The zero-order valence-corrected chi connectivity index (χ0v) is 11.9. The Morgan fingerprint density at radius 1 is 1.19 bits per heavy atom. The van der Waals surface area contributed by atoms with E-state index in [1.54, 1.807) is 4.68 Å². The Labute approximate surface area is 122 Å². The third-order valence-electron chi connectivity index (χ3n) is 3.49. The minimum atomic E-state index is -0.147. The first-order valence-corrected chi connectivity index (χ1v) is 6.71. The number of hydrogen-bond acceptors (Lipinski definition) is 5. The molecule has 0 aliphatic heterocycles. The molecule has 0 aliphatic carbocycles. The van der Waals surface area contributed by atoms with Crippen molar-refractivity contribution in [1.82, 2.24) is 20.2 Å². The summed E-state index contributed by atoms with van der Waals surface area (Å²) in [6.45, 7) is 4.14. The molecule has 1 aromatic carbocycles. The molecule has 0 saturated heterocycles. The Morgan fingerprint density at radius 2 is 1.95 bits per heavy atom. The van der Waals surface area contributed by atoms with Gasteiger partial charge in [0.1, 0.15) is 11.5 Å². The molecule has 0 bridgehead atoms. The highest BCUT2D eigenvalue weighted by Crippen LogP contribution is 2.24. The summed E-state index contributed by atoms with van der Waals surface area (Å²) in [5.41, 5.74) is 4.18. The van der Waals surface area contributed by atoms with Crippen LogP contribution in [0.1, 0.15) is 22.7 Å². The van der Waals surface area contributed by atoms with Gasteiger partial charge in [0.05, 0.1) is 24.5 Å². The number of hydrogen-bond donors (Lipinski definition) is 1. The third kappa shape index (κ3) is 2.45. The van der Waals surface area contributed by atoms with E-state index in [9.17, 15) is 5.11 Å². The van der Waals surface area contributed by atoms with Crippen LogP contribution in [-0.4, -0.2) is 25.3 Å². The monoisotopic (exact) mass is 284 g/mol. The zero-order valence-electron chi connectivity index (χ0n) is 11.9. The molecule has 2 aromatic heterocycles. The van der Waals surface area contributed by atoms with Gasteiger partial charge in [0.25, 0.3) is 0 Å². The van der Waals surface area contributed by atoms with Crippen molar-refractivity contribution in [1.29, 1.82) is 0 Å². The number of aliphatic hydroxyl groups is 1. The SMILES string of the molecule is Cc1noc(C)c1Cn1nnc(CO)c1-c1ccccc1. The van der Waals surface area contributed by atoms with Crippen molar-refractivity contribution in [3.05, 3.63) is 53.0 Å². The zero-order chi connectivity index (χ0) is 14.8. The molecular formula is C15H16N4O2. The fraction of sp³-hybridized carbons (Fsp3) is 0.267. The highest BCUT2D eigenvalue weighted by Gasteiger charge is 2.17. The number of nitrogens with zero attached hydrogens (tertiary/aromatic N) is 4. The van der Waals surface area contributed by atoms with Crippen LogP contribution in [0.25, 0.3) is 11.3 Å². The second-order valence-electron chi connectivity index (χ2n) is 4.87. The van der Waals surface area contributed by atoms with E-state index in [0.717, 1.165) is 28.3 Å². The molecule has 0 radical (unpaired) electrons. The highest BCUT2D eigenvalue weighted by molar-refractivity contribution is 5.61. The topological polar surface area (TPSA) is 77.0 Å². The second-order valence-corrected chi connectivity index (χ2v) is 4.87. The molecule has 21 heavy (non-hydrogen) atoms. The molecule has 3 aromatic rings. The predicted octanol–water partition coefficient (Wildman–Crippen LogP) is 2.09. The third-order valence-corrected chi connectivity index (χ3v) is 3.49. The van der Waals surface area contributed by atoms with Crippen LogP contribution < -0.4 is 0 Å². The van der Waals surface area contributed by atoms with Crippen LogP contribution in [0.15, 0.2) is 34.9 Å². The Kier molecular flexibility index (Phi) is 3.53. The molecule has 0 aliphatic rings. The minimum absolute atomic E-state index is 0.147. The van der Waals surface area contributed by atoms with E-state index in [2.05, 4.69) is 15.5 Å². The van der Waals surface area contributed by atoms with Crippen LogP contribution in [0.2, 0.25) is 0 Å². The summed E-state index contributed by atoms with van der Waals surface area (Å²) < 4.78 is 6.96. The van der Waals surface area contributed by atoms with Gasteiger partial charge in [-0.2, -0.15) is 0 Å². The normalized spacial score (nSPS) is 11.0. The van der Waals surface area contributed by atoms with Crippen LogP contribution in [0.4, 0.5) is 0 Å². The molecule has 0 saturated carbocycles. The van der Waals surface area contributed by atoms with Gasteiger partial charge in [-0.1, -0.05) is 40.7 Å². The van der Waals surface area contributed by atoms with E-state index in [1.807, 2.05) is 44.2 Å². The lowest BCUT2D eigenvalue weighted by Gasteiger charge is -2.07. The Hall–Kier alpha value is -2.47. The van der Waals surface area contributed by atoms with Crippen LogP contribution in [0, 0.1) is 13.8 Å². The molecule has 1 N–H and O–H groups in total. The van der Waals surface area contributed by atoms with Crippen molar-refractivity contribution in [3.63, 3.8) is 0 Å². The molecular weight excluding hydrogens is 268 g/mol. The van der Waals surface area contributed by atoms with Gasteiger partial charge in [0.15, 0.2) is 0 Å². The summed E-state index contributed by atoms with van der Waals surface area (Å²) in [5.74, 6) is 0.771. The smallest absolute Gasteiger partial charge is 0.138 e. The molecule has 6 heteroatoms. The maximum Gasteiger partial charge on any atom is 0.138 e. The molecule has 0 spiro atoms. The van der Waals surface area contributed by atoms with Crippen LogP contribution in [0.3, 0.4) is 0 Å². The van der Waals surface area contributed by atoms with Gasteiger partial charge in [-0.3, -0.25) is 0 Å². The van der Waals surface area contributed by atoms with Crippen LogP contribution in [-0.2, 0) is 13.2 Å². The van der Waals surface area contributed by atoms with E-state index in [-0.39, 0.29) is 6.61 Å². The van der Waals surface area contributed by atoms with Gasteiger partial charge in [-0.05, 0) is 13.8 Å². The van der Waals surface area contributed by atoms with Crippen molar-refractivity contribution >= 4 is 0 Å². The lowest BCUT2D eigenvalue weighted by molar-refractivity contribution is 0.277. The van der Waals surface area contributed by atoms with Gasteiger partial charge in [-0.15, -0.1) is 5.10 Å².